The van der Waals surface area contributed by atoms with Gasteiger partial charge in [-0.2, -0.15) is 13.2 Å². The number of alkyl halides is 3. The van der Waals surface area contributed by atoms with Crippen LogP contribution in [0.2, 0.25) is 5.02 Å². The van der Waals surface area contributed by atoms with Gasteiger partial charge in [-0.25, -0.2) is 14.8 Å². The van der Waals surface area contributed by atoms with E-state index in [-0.39, 0.29) is 22.2 Å². The van der Waals surface area contributed by atoms with Crippen molar-refractivity contribution in [2.24, 2.45) is 0 Å². The van der Waals surface area contributed by atoms with Crippen molar-refractivity contribution < 1.29 is 22.3 Å². The van der Waals surface area contributed by atoms with E-state index in [1.165, 1.54) is 12.3 Å². The molecule has 23 heavy (non-hydrogen) atoms. The molecular formula is C13H7ClF3N3O3. The number of nitrogens with one attached hydrogen (secondary N) is 1. The van der Waals surface area contributed by atoms with E-state index in [1.54, 1.807) is 6.07 Å². The third kappa shape index (κ3) is 3.29. The molecule has 120 valence electrons. The average Bonchev–Trinajstić information content (AvgIpc) is 2.88. The first-order valence-corrected chi connectivity index (χ1v) is 6.54. The van der Waals surface area contributed by atoms with Crippen molar-refractivity contribution in [1.29, 1.82) is 0 Å². The number of halogens is 4. The van der Waals surface area contributed by atoms with Crippen molar-refractivity contribution >= 4 is 22.7 Å². The summed E-state index contributed by atoms with van der Waals surface area (Å²) in [6, 6.07) is 3.09. The van der Waals surface area contributed by atoms with Crippen LogP contribution in [0.15, 0.2) is 33.7 Å². The summed E-state index contributed by atoms with van der Waals surface area (Å²) in [7, 11) is 0. The predicted molar refractivity (Wildman–Crippen MR) is 74.4 cm³/mol. The fourth-order valence-electron chi connectivity index (χ4n) is 1.89. The molecule has 0 spiro atoms. The van der Waals surface area contributed by atoms with Gasteiger partial charge in [0.05, 0.1) is 23.1 Å². The first-order chi connectivity index (χ1) is 10.8. The fraction of sp³-hybridized carbons (Fsp3) is 0.154. The number of fused-ring (bicyclic) bond motifs is 1. The molecule has 3 rings (SSSR count). The molecule has 0 aliphatic rings. The summed E-state index contributed by atoms with van der Waals surface area (Å²) >= 11 is 5.95. The maximum atomic E-state index is 12.1. The third-order valence-electron chi connectivity index (χ3n) is 2.82. The van der Waals surface area contributed by atoms with Gasteiger partial charge in [0.25, 0.3) is 0 Å². The van der Waals surface area contributed by atoms with Crippen LogP contribution in [-0.4, -0.2) is 27.7 Å². The summed E-state index contributed by atoms with van der Waals surface area (Å²) in [6.07, 6.45) is -2.20. The smallest absolute Gasteiger partial charge is 0.422 e. The Morgan fingerprint density at radius 3 is 2.70 bits per heavy atom. The maximum Gasteiger partial charge on any atom is 0.422 e. The number of H-pyrrole nitrogens is 1. The Kier molecular flexibility index (Phi) is 3.72. The first-order valence-electron chi connectivity index (χ1n) is 6.17. The van der Waals surface area contributed by atoms with E-state index >= 15 is 0 Å². The molecule has 2 heterocycles. The molecule has 0 fully saturated rings. The van der Waals surface area contributed by atoms with Crippen LogP contribution < -0.4 is 10.5 Å². The Balaban J connectivity index is 1.94. The van der Waals surface area contributed by atoms with Crippen molar-refractivity contribution in [3.8, 4) is 17.1 Å². The Bertz CT molecular complexity index is 903. The minimum Gasteiger partial charge on any atom is -0.467 e. The van der Waals surface area contributed by atoms with Crippen LogP contribution in [-0.2, 0) is 0 Å². The molecule has 0 saturated carbocycles. The summed E-state index contributed by atoms with van der Waals surface area (Å²) in [6.45, 7) is -1.46. The minimum atomic E-state index is -4.46. The highest BCUT2D eigenvalue weighted by molar-refractivity contribution is 6.35. The minimum absolute atomic E-state index is 0.181. The van der Waals surface area contributed by atoms with E-state index in [9.17, 15) is 18.0 Å². The van der Waals surface area contributed by atoms with Gasteiger partial charge >= 0.3 is 11.9 Å². The molecule has 3 aromatic rings. The summed E-state index contributed by atoms with van der Waals surface area (Å²) in [5.41, 5.74) is 1.18. The van der Waals surface area contributed by atoms with Gasteiger partial charge in [-0.05, 0) is 12.1 Å². The van der Waals surface area contributed by atoms with Gasteiger partial charge in [-0.15, -0.1) is 0 Å². The van der Waals surface area contributed by atoms with Crippen LogP contribution in [0.1, 0.15) is 0 Å². The molecule has 1 aromatic carbocycles. The largest absolute Gasteiger partial charge is 0.467 e. The van der Waals surface area contributed by atoms with Gasteiger partial charge in [-0.3, -0.25) is 4.98 Å². The lowest BCUT2D eigenvalue weighted by Gasteiger charge is -2.08. The van der Waals surface area contributed by atoms with Gasteiger partial charge in [0.1, 0.15) is 5.52 Å². The quantitative estimate of drug-likeness (QED) is 0.788. The number of hydrogen-bond acceptors (Lipinski definition) is 5. The van der Waals surface area contributed by atoms with E-state index in [2.05, 4.69) is 19.7 Å². The number of oxazole rings is 1. The number of aromatic amines is 1. The third-order valence-corrected chi connectivity index (χ3v) is 3.13. The highest BCUT2D eigenvalue weighted by Gasteiger charge is 2.28. The molecule has 1 N–H and O–H groups in total. The molecule has 0 bridgehead atoms. The fourth-order valence-corrected chi connectivity index (χ4v) is 2.08. The standard InChI is InChI=1S/C13H7ClF3N3O3/c14-7-2-1-6(11-10(7)20-12(21)23-11)8-3-19-9(4-18-8)22-5-13(15,16)17/h1-4H,5H2,(H,20,21). The van der Waals surface area contributed by atoms with Crippen LogP contribution >= 0.6 is 11.6 Å². The second-order valence-electron chi connectivity index (χ2n) is 4.46. The van der Waals surface area contributed by atoms with E-state index in [4.69, 9.17) is 16.0 Å². The van der Waals surface area contributed by atoms with Crippen LogP contribution in [0.25, 0.3) is 22.4 Å². The van der Waals surface area contributed by atoms with Gasteiger partial charge in [0.2, 0.25) is 5.88 Å². The number of hydrogen-bond donors (Lipinski definition) is 1. The Morgan fingerprint density at radius 1 is 1.26 bits per heavy atom. The molecule has 0 unspecified atom stereocenters. The zero-order valence-electron chi connectivity index (χ0n) is 11.1. The Morgan fingerprint density at radius 2 is 2.04 bits per heavy atom. The molecule has 0 atom stereocenters. The zero-order valence-corrected chi connectivity index (χ0v) is 11.9. The first kappa shape index (κ1) is 15.3. The maximum absolute atomic E-state index is 12.1. The molecular weight excluding hydrogens is 339 g/mol. The van der Waals surface area contributed by atoms with Crippen molar-refractivity contribution in [3.05, 3.63) is 40.1 Å². The Labute approximate surface area is 130 Å². The van der Waals surface area contributed by atoms with E-state index in [0.29, 0.717) is 11.1 Å². The molecule has 2 aromatic heterocycles. The lowest BCUT2D eigenvalue weighted by atomic mass is 10.1. The second kappa shape index (κ2) is 5.58. The summed E-state index contributed by atoms with van der Waals surface area (Å²) < 4.78 is 45.7. The molecule has 0 aliphatic carbocycles. The Hall–Kier alpha value is -2.55. The van der Waals surface area contributed by atoms with Crippen LogP contribution in [0.5, 0.6) is 5.88 Å². The molecule has 0 saturated heterocycles. The molecule has 0 amide bonds. The lowest BCUT2D eigenvalue weighted by Crippen LogP contribution is -2.19. The summed E-state index contributed by atoms with van der Waals surface area (Å²) in [4.78, 5) is 21.5. The van der Waals surface area contributed by atoms with Crippen molar-refractivity contribution in [3.63, 3.8) is 0 Å². The molecule has 0 radical (unpaired) electrons. The highest BCUT2D eigenvalue weighted by Crippen LogP contribution is 2.30. The SMILES string of the molecule is O=c1[nH]c2c(Cl)ccc(-c3cnc(OCC(F)(F)F)cn3)c2o1. The zero-order chi connectivity index (χ0) is 16.6. The van der Waals surface area contributed by atoms with E-state index in [1.807, 2.05) is 0 Å². The monoisotopic (exact) mass is 345 g/mol. The van der Waals surface area contributed by atoms with E-state index < -0.39 is 18.5 Å². The molecule has 6 nitrogen and oxygen atoms in total. The van der Waals surface area contributed by atoms with Crippen molar-refractivity contribution in [2.75, 3.05) is 6.61 Å². The molecule has 10 heteroatoms. The van der Waals surface area contributed by atoms with Gasteiger partial charge in [-0.1, -0.05) is 11.6 Å². The van der Waals surface area contributed by atoms with Crippen LogP contribution in [0, 0.1) is 0 Å². The highest BCUT2D eigenvalue weighted by atomic mass is 35.5. The average molecular weight is 346 g/mol. The van der Waals surface area contributed by atoms with Crippen molar-refractivity contribution in [1.82, 2.24) is 15.0 Å². The number of nitrogens with zero attached hydrogens (tertiary/aromatic N) is 2. The second-order valence-corrected chi connectivity index (χ2v) is 4.86. The summed E-state index contributed by atoms with van der Waals surface area (Å²) in [5, 5.41) is 0.285. The van der Waals surface area contributed by atoms with E-state index in [0.717, 1.165) is 6.20 Å². The number of aromatic nitrogens is 3. The number of benzene rings is 1. The van der Waals surface area contributed by atoms with Crippen LogP contribution in [0.4, 0.5) is 13.2 Å². The van der Waals surface area contributed by atoms with Crippen LogP contribution in [0.3, 0.4) is 0 Å². The number of rotatable bonds is 3. The topological polar surface area (TPSA) is 81.0 Å². The summed E-state index contributed by atoms with van der Waals surface area (Å²) in [5.74, 6) is -0.959. The predicted octanol–water partition coefficient (Wildman–Crippen LogP) is 3.17. The lowest BCUT2D eigenvalue weighted by molar-refractivity contribution is -0.154. The van der Waals surface area contributed by atoms with Gasteiger partial charge in [0.15, 0.2) is 12.2 Å². The normalized spacial score (nSPS) is 11.8. The molecule has 0 aliphatic heterocycles. The number of ether oxygens (including phenoxy) is 1. The van der Waals surface area contributed by atoms with Gasteiger partial charge in [0, 0.05) is 5.56 Å². The van der Waals surface area contributed by atoms with Crippen molar-refractivity contribution in [2.45, 2.75) is 6.18 Å². The van der Waals surface area contributed by atoms with Gasteiger partial charge < -0.3 is 9.15 Å².